The molecule has 40 heavy (non-hydrogen) atoms. The van der Waals surface area contributed by atoms with Gasteiger partial charge in [-0.3, -0.25) is 9.36 Å². The van der Waals surface area contributed by atoms with Crippen LogP contribution < -0.4 is 19.8 Å². The molecule has 204 valence electrons. The molecule has 0 amide bonds. The maximum absolute atomic E-state index is 15.4. The van der Waals surface area contributed by atoms with Crippen LogP contribution in [0.5, 0.6) is 11.6 Å². The Kier molecular flexibility index (Phi) is 7.08. The summed E-state index contributed by atoms with van der Waals surface area (Å²) in [5, 5.41) is 0.527. The van der Waals surface area contributed by atoms with Gasteiger partial charge in [-0.1, -0.05) is 11.6 Å². The molecule has 2 aromatic carbocycles. The number of sulfonamides is 1. The third kappa shape index (κ3) is 5.03. The lowest BCUT2D eigenvalue weighted by Crippen LogP contribution is -2.19. The van der Waals surface area contributed by atoms with E-state index in [9.17, 15) is 17.6 Å². The van der Waals surface area contributed by atoms with Crippen LogP contribution in [-0.4, -0.2) is 42.2 Å². The lowest BCUT2D eigenvalue weighted by atomic mass is 10.1. The van der Waals surface area contributed by atoms with Crippen molar-refractivity contribution >= 4 is 38.5 Å². The van der Waals surface area contributed by atoms with E-state index in [2.05, 4.69) is 19.7 Å². The Labute approximate surface area is 230 Å². The molecule has 0 saturated carbocycles. The maximum atomic E-state index is 15.4. The summed E-state index contributed by atoms with van der Waals surface area (Å²) in [7, 11) is -1.39. The molecule has 5 aromatic rings. The average molecular weight is 586 g/mol. The standard InChI is InChI=1S/C26H18ClF2N5O5S/c1-38-23-9-18(15-8-19(27)25(39-2)30-11-15)20(29)10-22(23)34-21-5-4-17(7-14(21)3-6-24(34)35)40(36,37)33-26-31-12-16(28)13-32-26/h3-13H,1-2H3,(H,31,32,33). The first-order valence-electron chi connectivity index (χ1n) is 11.4. The second-order valence-electron chi connectivity index (χ2n) is 8.28. The fourth-order valence-corrected chi connectivity index (χ4v) is 5.25. The van der Waals surface area contributed by atoms with Crippen molar-refractivity contribution in [3.05, 3.63) is 94.1 Å². The summed E-state index contributed by atoms with van der Waals surface area (Å²) >= 11 is 6.16. The van der Waals surface area contributed by atoms with E-state index in [0.29, 0.717) is 10.9 Å². The van der Waals surface area contributed by atoms with Gasteiger partial charge in [0, 0.05) is 34.8 Å². The highest BCUT2D eigenvalue weighted by Crippen LogP contribution is 2.35. The second kappa shape index (κ2) is 10.5. The molecule has 0 aliphatic rings. The van der Waals surface area contributed by atoms with Crippen molar-refractivity contribution in [3.8, 4) is 28.4 Å². The Morgan fingerprint density at radius 1 is 0.925 bits per heavy atom. The zero-order valence-corrected chi connectivity index (χ0v) is 22.3. The maximum Gasteiger partial charge on any atom is 0.264 e. The number of hydrogen-bond donors (Lipinski definition) is 1. The smallest absolute Gasteiger partial charge is 0.264 e. The van der Waals surface area contributed by atoms with Crippen LogP contribution in [-0.2, 0) is 10.0 Å². The van der Waals surface area contributed by atoms with Gasteiger partial charge in [0.15, 0.2) is 5.82 Å². The molecule has 3 aromatic heterocycles. The molecular weight excluding hydrogens is 568 g/mol. The number of halogens is 3. The molecule has 3 heterocycles. The van der Waals surface area contributed by atoms with Crippen molar-refractivity contribution in [2.75, 3.05) is 18.9 Å². The topological polar surface area (TPSA) is 125 Å². The number of anilines is 1. The first-order valence-corrected chi connectivity index (χ1v) is 13.2. The van der Waals surface area contributed by atoms with Gasteiger partial charge in [-0.2, -0.15) is 0 Å². The largest absolute Gasteiger partial charge is 0.495 e. The molecule has 0 spiro atoms. The van der Waals surface area contributed by atoms with Crippen LogP contribution in [0.1, 0.15) is 0 Å². The fraction of sp³-hybridized carbons (Fsp3) is 0.0769. The van der Waals surface area contributed by atoms with Gasteiger partial charge < -0.3 is 9.47 Å². The predicted molar refractivity (Wildman–Crippen MR) is 144 cm³/mol. The molecule has 0 fully saturated rings. The highest BCUT2D eigenvalue weighted by Gasteiger charge is 2.20. The quantitative estimate of drug-likeness (QED) is 0.294. The number of nitrogens with one attached hydrogen (secondary N) is 1. The SMILES string of the molecule is COc1cc(-c2cnc(OC)c(Cl)c2)c(F)cc1-n1c(=O)ccc2cc(S(=O)(=O)Nc3ncc(F)cn3)ccc21. The first-order chi connectivity index (χ1) is 19.1. The van der Waals surface area contributed by atoms with Crippen molar-refractivity contribution in [1.29, 1.82) is 0 Å². The summed E-state index contributed by atoms with van der Waals surface area (Å²) in [5.74, 6) is -1.40. The minimum absolute atomic E-state index is 0.0837. The van der Waals surface area contributed by atoms with E-state index in [1.165, 1.54) is 67.4 Å². The molecule has 0 aliphatic heterocycles. The molecule has 10 nitrogen and oxygen atoms in total. The normalized spacial score (nSPS) is 11.4. The molecule has 0 unspecified atom stereocenters. The Morgan fingerprint density at radius 2 is 1.68 bits per heavy atom. The summed E-state index contributed by atoms with van der Waals surface area (Å²) in [5.41, 5.74) is 0.323. The van der Waals surface area contributed by atoms with Gasteiger partial charge >= 0.3 is 0 Å². The number of aromatic nitrogens is 4. The molecule has 14 heteroatoms. The Bertz CT molecular complexity index is 1940. The van der Waals surface area contributed by atoms with Gasteiger partial charge in [-0.25, -0.2) is 36.9 Å². The fourth-order valence-electron chi connectivity index (χ4n) is 4.01. The third-order valence-electron chi connectivity index (χ3n) is 5.84. The summed E-state index contributed by atoms with van der Waals surface area (Å²) < 4.78 is 68.2. The van der Waals surface area contributed by atoms with Crippen LogP contribution in [0.15, 0.2) is 76.8 Å². The third-order valence-corrected chi connectivity index (χ3v) is 7.44. The molecule has 0 atom stereocenters. The number of fused-ring (bicyclic) bond motifs is 1. The summed E-state index contributed by atoms with van der Waals surface area (Å²) in [6.45, 7) is 0. The van der Waals surface area contributed by atoms with Gasteiger partial charge in [0.1, 0.15) is 16.6 Å². The number of hydrogen-bond acceptors (Lipinski definition) is 8. The molecule has 0 radical (unpaired) electrons. The Balaban J connectivity index is 1.60. The van der Waals surface area contributed by atoms with Gasteiger partial charge in [0.05, 0.1) is 42.7 Å². The van der Waals surface area contributed by atoms with E-state index in [1.807, 2.05) is 0 Å². The van der Waals surface area contributed by atoms with Gasteiger partial charge in [-0.05, 0) is 36.4 Å². The number of methoxy groups -OCH3 is 2. The first kappa shape index (κ1) is 27.0. The zero-order valence-electron chi connectivity index (χ0n) is 20.7. The monoisotopic (exact) mass is 585 g/mol. The van der Waals surface area contributed by atoms with Crippen LogP contribution in [0.25, 0.3) is 27.7 Å². The Morgan fingerprint density at radius 3 is 2.35 bits per heavy atom. The van der Waals surface area contributed by atoms with Gasteiger partial charge in [0.2, 0.25) is 11.8 Å². The summed E-state index contributed by atoms with van der Waals surface area (Å²) in [6, 6.07) is 10.6. The number of pyridine rings is 2. The van der Waals surface area contributed by atoms with E-state index in [-0.39, 0.29) is 44.3 Å². The van der Waals surface area contributed by atoms with E-state index in [0.717, 1.165) is 18.5 Å². The minimum atomic E-state index is -4.16. The average Bonchev–Trinajstić information content (AvgIpc) is 2.93. The summed E-state index contributed by atoms with van der Waals surface area (Å²) in [4.78, 5) is 24.1. The summed E-state index contributed by atoms with van der Waals surface area (Å²) in [6.07, 6.45) is 3.03. The number of ether oxygens (including phenoxy) is 2. The molecule has 1 N–H and O–H groups in total. The highest BCUT2D eigenvalue weighted by atomic mass is 35.5. The second-order valence-corrected chi connectivity index (χ2v) is 10.4. The number of benzene rings is 2. The Hall–Kier alpha value is -4.62. The number of nitrogens with zero attached hydrogens (tertiary/aromatic N) is 4. The molecule has 0 aliphatic carbocycles. The van der Waals surface area contributed by atoms with Crippen molar-refractivity contribution in [2.45, 2.75) is 4.90 Å². The highest BCUT2D eigenvalue weighted by molar-refractivity contribution is 7.92. The lowest BCUT2D eigenvalue weighted by molar-refractivity contribution is 0.398. The minimum Gasteiger partial charge on any atom is -0.495 e. The van der Waals surface area contributed by atoms with Crippen LogP contribution in [0, 0.1) is 11.6 Å². The zero-order chi connectivity index (χ0) is 28.6. The number of rotatable bonds is 7. The van der Waals surface area contributed by atoms with Gasteiger partial charge in [0.25, 0.3) is 15.6 Å². The van der Waals surface area contributed by atoms with E-state index < -0.39 is 27.2 Å². The van der Waals surface area contributed by atoms with Crippen LogP contribution in [0.2, 0.25) is 5.02 Å². The van der Waals surface area contributed by atoms with Crippen molar-refractivity contribution in [1.82, 2.24) is 19.5 Å². The van der Waals surface area contributed by atoms with Crippen molar-refractivity contribution < 1.29 is 26.7 Å². The molecular formula is C26H18ClF2N5O5S. The van der Waals surface area contributed by atoms with E-state index in [1.54, 1.807) is 0 Å². The van der Waals surface area contributed by atoms with Crippen LogP contribution in [0.4, 0.5) is 14.7 Å². The lowest BCUT2D eigenvalue weighted by Gasteiger charge is -2.17. The molecule has 0 saturated heterocycles. The molecule has 5 rings (SSSR count). The van der Waals surface area contributed by atoms with E-state index >= 15 is 4.39 Å². The van der Waals surface area contributed by atoms with Gasteiger partial charge in [-0.15, -0.1) is 0 Å². The van der Waals surface area contributed by atoms with E-state index in [4.69, 9.17) is 21.1 Å². The van der Waals surface area contributed by atoms with Crippen molar-refractivity contribution in [3.63, 3.8) is 0 Å². The predicted octanol–water partition coefficient (Wildman–Crippen LogP) is 4.59. The van der Waals surface area contributed by atoms with Crippen LogP contribution in [0.3, 0.4) is 0 Å². The molecule has 0 bridgehead atoms. The van der Waals surface area contributed by atoms with Crippen molar-refractivity contribution in [2.24, 2.45) is 0 Å². The van der Waals surface area contributed by atoms with Crippen LogP contribution >= 0.6 is 11.6 Å².